The van der Waals surface area contributed by atoms with E-state index in [9.17, 15) is 0 Å². The molecule has 0 saturated carbocycles. The fourth-order valence-corrected chi connectivity index (χ4v) is 3.89. The Morgan fingerprint density at radius 1 is 1.37 bits per heavy atom. The van der Waals surface area contributed by atoms with Crippen LogP contribution < -0.4 is 5.73 Å². The third kappa shape index (κ3) is 3.77. The smallest absolute Gasteiger partial charge is 0.0567 e. The highest BCUT2D eigenvalue weighted by molar-refractivity contribution is 7.10. The highest BCUT2D eigenvalue weighted by atomic mass is 32.1. The zero-order chi connectivity index (χ0) is 13.7. The summed E-state index contributed by atoms with van der Waals surface area (Å²) in [5.41, 5.74) is 7.38. The molecule has 2 rings (SSSR count). The first-order valence-corrected chi connectivity index (χ1v) is 7.95. The maximum atomic E-state index is 9.04. The van der Waals surface area contributed by atoms with Crippen LogP contribution in [0.3, 0.4) is 0 Å². The number of nitrogens with two attached hydrogens (primary N) is 1. The highest BCUT2D eigenvalue weighted by Gasteiger charge is 2.24. The minimum absolute atomic E-state index is 0.254. The average molecular weight is 283 g/mol. The van der Waals surface area contributed by atoms with E-state index in [1.165, 1.54) is 10.4 Å². The van der Waals surface area contributed by atoms with Gasteiger partial charge in [-0.15, -0.1) is 11.3 Å². The molecule has 1 aromatic rings. The van der Waals surface area contributed by atoms with Crippen molar-refractivity contribution < 1.29 is 5.11 Å². The van der Waals surface area contributed by atoms with Gasteiger partial charge in [-0.25, -0.2) is 0 Å². The largest absolute Gasteiger partial charge is 0.395 e. The van der Waals surface area contributed by atoms with Crippen LogP contribution in [-0.4, -0.2) is 60.8 Å². The van der Waals surface area contributed by atoms with E-state index in [0.29, 0.717) is 12.6 Å². The van der Waals surface area contributed by atoms with Crippen LogP contribution in [0.4, 0.5) is 0 Å². The molecule has 0 spiro atoms. The monoisotopic (exact) mass is 283 g/mol. The molecule has 4 nitrogen and oxygen atoms in total. The quantitative estimate of drug-likeness (QED) is 0.848. The van der Waals surface area contributed by atoms with Crippen molar-refractivity contribution in [3.05, 3.63) is 21.9 Å². The lowest BCUT2D eigenvalue weighted by Crippen LogP contribution is -2.37. The van der Waals surface area contributed by atoms with Crippen molar-refractivity contribution in [2.45, 2.75) is 19.4 Å². The molecular formula is C14H25N3OS. The summed E-state index contributed by atoms with van der Waals surface area (Å²) in [6.45, 7) is 8.15. The van der Waals surface area contributed by atoms with Gasteiger partial charge in [0, 0.05) is 37.6 Å². The van der Waals surface area contributed by atoms with E-state index >= 15 is 0 Å². The molecule has 1 aliphatic heterocycles. The van der Waals surface area contributed by atoms with Gasteiger partial charge < -0.3 is 10.8 Å². The van der Waals surface area contributed by atoms with Crippen LogP contribution >= 0.6 is 11.3 Å². The minimum atomic E-state index is 0.254. The van der Waals surface area contributed by atoms with Crippen molar-refractivity contribution in [1.29, 1.82) is 0 Å². The molecular weight excluding hydrogens is 258 g/mol. The maximum Gasteiger partial charge on any atom is 0.0567 e. The SMILES string of the molecule is Cc1ccsc1C(CN)N1CCCN(CCO)CC1. The third-order valence-corrected chi connectivity index (χ3v) is 5.03. The second-order valence-corrected chi connectivity index (χ2v) is 6.12. The Bertz CT molecular complexity index is 383. The van der Waals surface area contributed by atoms with Crippen LogP contribution in [-0.2, 0) is 0 Å². The summed E-state index contributed by atoms with van der Waals surface area (Å²) >= 11 is 1.82. The van der Waals surface area contributed by atoms with Gasteiger partial charge in [0.05, 0.1) is 12.6 Å². The van der Waals surface area contributed by atoms with Gasteiger partial charge in [-0.2, -0.15) is 0 Å². The molecule has 1 unspecified atom stereocenters. The van der Waals surface area contributed by atoms with Gasteiger partial charge in [0.25, 0.3) is 0 Å². The molecule has 108 valence electrons. The molecule has 2 heterocycles. The number of aliphatic hydroxyl groups excluding tert-OH is 1. The molecule has 5 heteroatoms. The summed E-state index contributed by atoms with van der Waals surface area (Å²) in [4.78, 5) is 6.27. The van der Waals surface area contributed by atoms with Crippen LogP contribution in [0.15, 0.2) is 11.4 Å². The zero-order valence-electron chi connectivity index (χ0n) is 11.7. The summed E-state index contributed by atoms with van der Waals surface area (Å²) < 4.78 is 0. The van der Waals surface area contributed by atoms with E-state index in [4.69, 9.17) is 10.8 Å². The molecule has 0 aromatic carbocycles. The molecule has 3 N–H and O–H groups in total. The van der Waals surface area contributed by atoms with Crippen LogP contribution in [0.1, 0.15) is 22.9 Å². The Hall–Kier alpha value is -0.460. The second kappa shape index (κ2) is 7.36. The number of aryl methyl sites for hydroxylation is 1. The van der Waals surface area contributed by atoms with E-state index in [1.54, 1.807) is 0 Å². The predicted octanol–water partition coefficient (Wildman–Crippen LogP) is 1.06. The van der Waals surface area contributed by atoms with Gasteiger partial charge in [-0.1, -0.05) is 0 Å². The van der Waals surface area contributed by atoms with Gasteiger partial charge in [0.15, 0.2) is 0 Å². The van der Waals surface area contributed by atoms with Crippen molar-refractivity contribution in [2.75, 3.05) is 45.9 Å². The predicted molar refractivity (Wildman–Crippen MR) is 80.6 cm³/mol. The first-order chi connectivity index (χ1) is 9.26. The topological polar surface area (TPSA) is 52.7 Å². The van der Waals surface area contributed by atoms with Gasteiger partial charge in [-0.05, 0) is 36.9 Å². The summed E-state index contributed by atoms with van der Waals surface area (Å²) in [5.74, 6) is 0. The maximum absolute atomic E-state index is 9.04. The van der Waals surface area contributed by atoms with E-state index in [1.807, 2.05) is 11.3 Å². The number of hydrogen-bond donors (Lipinski definition) is 2. The van der Waals surface area contributed by atoms with Gasteiger partial charge in [0.2, 0.25) is 0 Å². The molecule has 0 radical (unpaired) electrons. The Balaban J connectivity index is 2.01. The van der Waals surface area contributed by atoms with E-state index < -0.39 is 0 Å². The zero-order valence-corrected chi connectivity index (χ0v) is 12.5. The molecule has 0 amide bonds. The van der Waals surface area contributed by atoms with Crippen molar-refractivity contribution in [3.8, 4) is 0 Å². The van der Waals surface area contributed by atoms with Crippen molar-refractivity contribution in [3.63, 3.8) is 0 Å². The van der Waals surface area contributed by atoms with Gasteiger partial charge >= 0.3 is 0 Å². The van der Waals surface area contributed by atoms with E-state index in [2.05, 4.69) is 28.2 Å². The lowest BCUT2D eigenvalue weighted by atomic mass is 10.1. The Kier molecular flexibility index (Phi) is 5.78. The first kappa shape index (κ1) is 14.9. The standard InChI is InChI=1S/C14H25N3OS/c1-12-3-10-19-14(12)13(11-15)17-5-2-4-16(6-7-17)8-9-18/h3,10,13,18H,2,4-9,11,15H2,1H3. The first-order valence-electron chi connectivity index (χ1n) is 7.07. The molecule has 1 aromatic heterocycles. The normalized spacial score (nSPS) is 20.4. The van der Waals surface area contributed by atoms with Gasteiger partial charge in [0.1, 0.15) is 0 Å². The lowest BCUT2D eigenvalue weighted by Gasteiger charge is -2.29. The van der Waals surface area contributed by atoms with E-state index in [0.717, 1.165) is 39.1 Å². The average Bonchev–Trinajstić information content (AvgIpc) is 2.69. The summed E-state index contributed by atoms with van der Waals surface area (Å²) in [5, 5.41) is 11.2. The molecule has 19 heavy (non-hydrogen) atoms. The Morgan fingerprint density at radius 3 is 2.84 bits per heavy atom. The van der Waals surface area contributed by atoms with Crippen molar-refractivity contribution >= 4 is 11.3 Å². The summed E-state index contributed by atoms with van der Waals surface area (Å²) in [7, 11) is 0. The minimum Gasteiger partial charge on any atom is -0.395 e. The number of β-amino-alcohol motifs (C(OH)–C–C–N with tert-alkyl or cyclic N) is 1. The van der Waals surface area contributed by atoms with Crippen LogP contribution in [0.25, 0.3) is 0 Å². The molecule has 1 aliphatic rings. The number of hydrogen-bond acceptors (Lipinski definition) is 5. The van der Waals surface area contributed by atoms with Gasteiger partial charge in [-0.3, -0.25) is 9.80 Å². The number of aliphatic hydroxyl groups is 1. The fourth-order valence-electron chi connectivity index (χ4n) is 2.82. The molecule has 1 fully saturated rings. The summed E-state index contributed by atoms with van der Waals surface area (Å²) in [6, 6.07) is 2.53. The molecule has 1 saturated heterocycles. The lowest BCUT2D eigenvalue weighted by molar-refractivity contribution is 0.183. The fraction of sp³-hybridized carbons (Fsp3) is 0.714. The molecule has 1 atom stereocenters. The van der Waals surface area contributed by atoms with Crippen LogP contribution in [0.5, 0.6) is 0 Å². The molecule has 0 bridgehead atoms. The third-order valence-electron chi connectivity index (χ3n) is 3.91. The number of thiophene rings is 1. The second-order valence-electron chi connectivity index (χ2n) is 5.17. The van der Waals surface area contributed by atoms with Crippen molar-refractivity contribution in [2.24, 2.45) is 5.73 Å². The van der Waals surface area contributed by atoms with Crippen molar-refractivity contribution in [1.82, 2.24) is 9.80 Å². The summed E-state index contributed by atoms with van der Waals surface area (Å²) in [6.07, 6.45) is 1.15. The van der Waals surface area contributed by atoms with Crippen LogP contribution in [0.2, 0.25) is 0 Å². The Labute approximate surface area is 119 Å². The molecule has 0 aliphatic carbocycles. The Morgan fingerprint density at radius 2 is 2.21 bits per heavy atom. The number of rotatable bonds is 5. The van der Waals surface area contributed by atoms with E-state index in [-0.39, 0.29) is 6.61 Å². The van der Waals surface area contributed by atoms with Crippen LogP contribution in [0, 0.1) is 6.92 Å². The highest BCUT2D eigenvalue weighted by Crippen LogP contribution is 2.28. The number of nitrogens with zero attached hydrogens (tertiary/aromatic N) is 2.